The fourth-order valence-electron chi connectivity index (χ4n) is 4.52. The Hall–Kier alpha value is -1.81. The lowest BCUT2D eigenvalue weighted by molar-refractivity contribution is -0.133. The molecule has 1 saturated heterocycles. The third kappa shape index (κ3) is 2.12. The number of hydrogen-bond donors (Lipinski definition) is 1. The molecule has 122 valence electrons. The van der Waals surface area contributed by atoms with Gasteiger partial charge in [-0.3, -0.25) is 9.69 Å². The van der Waals surface area contributed by atoms with E-state index in [0.29, 0.717) is 6.42 Å². The highest BCUT2D eigenvalue weighted by Gasteiger charge is 2.45. The van der Waals surface area contributed by atoms with Crippen LogP contribution in [0.15, 0.2) is 24.3 Å². The largest absolute Gasteiger partial charge is 0.357 e. The lowest BCUT2D eigenvalue weighted by Crippen LogP contribution is -2.55. The van der Waals surface area contributed by atoms with E-state index in [9.17, 15) is 4.79 Å². The van der Waals surface area contributed by atoms with Gasteiger partial charge in [-0.05, 0) is 37.9 Å². The van der Waals surface area contributed by atoms with E-state index in [2.05, 4.69) is 41.2 Å². The van der Waals surface area contributed by atoms with Crippen molar-refractivity contribution in [2.75, 3.05) is 26.7 Å². The molecule has 2 aliphatic heterocycles. The molecule has 2 aliphatic rings. The van der Waals surface area contributed by atoms with E-state index >= 15 is 0 Å². The summed E-state index contributed by atoms with van der Waals surface area (Å²) in [5.41, 5.74) is 4.21. The summed E-state index contributed by atoms with van der Waals surface area (Å²) < 4.78 is 0. The highest BCUT2D eigenvalue weighted by molar-refractivity contribution is 5.85. The summed E-state index contributed by atoms with van der Waals surface area (Å²) in [6.45, 7) is 4.78. The van der Waals surface area contributed by atoms with Gasteiger partial charge in [0.25, 0.3) is 0 Å². The first-order chi connectivity index (χ1) is 11.2. The number of benzene rings is 1. The van der Waals surface area contributed by atoms with Gasteiger partial charge in [-0.25, -0.2) is 0 Å². The molecule has 4 heteroatoms. The third-order valence-corrected chi connectivity index (χ3v) is 5.95. The molecule has 1 spiro atoms. The van der Waals surface area contributed by atoms with Crippen molar-refractivity contribution < 1.29 is 4.79 Å². The topological polar surface area (TPSA) is 39.3 Å². The molecule has 0 saturated carbocycles. The normalized spacial score (nSPS) is 20.9. The Bertz CT molecular complexity index is 740. The molecule has 0 radical (unpaired) electrons. The van der Waals surface area contributed by atoms with Gasteiger partial charge in [0, 0.05) is 42.7 Å². The Labute approximate surface area is 137 Å². The standard InChI is InChI=1S/C19H25N3O/c1-3-17(23)22-12-9-19(10-13-22)18-15(8-11-21(19)2)14-6-4-5-7-16(14)20-18/h4-7,20H,3,8-13H2,1-2H3. The molecule has 0 bridgehead atoms. The van der Waals surface area contributed by atoms with Gasteiger partial charge in [0.05, 0.1) is 5.54 Å². The summed E-state index contributed by atoms with van der Waals surface area (Å²) >= 11 is 0. The van der Waals surface area contributed by atoms with E-state index in [1.807, 2.05) is 11.8 Å². The summed E-state index contributed by atoms with van der Waals surface area (Å²) in [5, 5.41) is 1.38. The van der Waals surface area contributed by atoms with E-state index in [1.165, 1.54) is 22.2 Å². The monoisotopic (exact) mass is 311 g/mol. The minimum atomic E-state index is 0.0666. The van der Waals surface area contributed by atoms with Crippen LogP contribution in [-0.2, 0) is 16.8 Å². The van der Waals surface area contributed by atoms with Gasteiger partial charge in [0.1, 0.15) is 0 Å². The van der Waals surface area contributed by atoms with E-state index in [1.54, 1.807) is 0 Å². The first-order valence-corrected chi connectivity index (χ1v) is 8.75. The summed E-state index contributed by atoms with van der Waals surface area (Å²) in [7, 11) is 2.24. The number of para-hydroxylation sites is 1. The molecule has 0 unspecified atom stereocenters. The van der Waals surface area contributed by atoms with Gasteiger partial charge in [0.2, 0.25) is 5.91 Å². The molecule has 1 amide bonds. The molecular formula is C19H25N3O. The zero-order valence-electron chi connectivity index (χ0n) is 14.1. The maximum atomic E-state index is 12.0. The van der Waals surface area contributed by atoms with Crippen molar-refractivity contribution >= 4 is 16.8 Å². The van der Waals surface area contributed by atoms with Crippen LogP contribution in [0.2, 0.25) is 0 Å². The lowest BCUT2D eigenvalue weighted by Gasteiger charge is -2.49. The van der Waals surface area contributed by atoms with Crippen LogP contribution in [0.5, 0.6) is 0 Å². The number of nitrogens with zero attached hydrogens (tertiary/aromatic N) is 2. The van der Waals surface area contributed by atoms with Crippen molar-refractivity contribution in [3.05, 3.63) is 35.5 Å². The van der Waals surface area contributed by atoms with E-state index < -0.39 is 0 Å². The fourth-order valence-corrected chi connectivity index (χ4v) is 4.52. The molecule has 0 aliphatic carbocycles. The first kappa shape index (κ1) is 14.8. The Morgan fingerprint density at radius 2 is 1.96 bits per heavy atom. The van der Waals surface area contributed by atoms with Crippen molar-refractivity contribution in [3.63, 3.8) is 0 Å². The molecule has 3 heterocycles. The summed E-state index contributed by atoms with van der Waals surface area (Å²) in [5.74, 6) is 0.287. The molecular weight excluding hydrogens is 286 g/mol. The van der Waals surface area contributed by atoms with Gasteiger partial charge in [0.15, 0.2) is 0 Å². The van der Waals surface area contributed by atoms with Crippen LogP contribution in [-0.4, -0.2) is 47.4 Å². The third-order valence-electron chi connectivity index (χ3n) is 5.95. The number of H-pyrrole nitrogens is 1. The second kappa shape index (κ2) is 5.38. The van der Waals surface area contributed by atoms with Crippen LogP contribution in [0.3, 0.4) is 0 Å². The van der Waals surface area contributed by atoms with Crippen molar-refractivity contribution in [1.82, 2.24) is 14.8 Å². The number of fused-ring (bicyclic) bond motifs is 4. The zero-order chi connectivity index (χ0) is 16.0. The van der Waals surface area contributed by atoms with Crippen LogP contribution in [0, 0.1) is 0 Å². The first-order valence-electron chi connectivity index (χ1n) is 8.75. The van der Waals surface area contributed by atoms with Crippen LogP contribution in [0.4, 0.5) is 0 Å². The fraction of sp³-hybridized carbons (Fsp3) is 0.526. The Balaban J connectivity index is 1.74. The Kier molecular flexibility index (Phi) is 3.45. The molecule has 1 aromatic carbocycles. The second-order valence-corrected chi connectivity index (χ2v) is 6.96. The number of aromatic amines is 1. The van der Waals surface area contributed by atoms with Crippen LogP contribution >= 0.6 is 0 Å². The number of likely N-dealkylation sites (tertiary alicyclic amines) is 1. The van der Waals surface area contributed by atoms with Gasteiger partial charge >= 0.3 is 0 Å². The number of aromatic nitrogens is 1. The molecule has 1 fully saturated rings. The number of carbonyl (C=O) groups excluding carboxylic acids is 1. The number of amides is 1. The van der Waals surface area contributed by atoms with Crippen LogP contribution in [0.1, 0.15) is 37.4 Å². The molecule has 4 nitrogen and oxygen atoms in total. The predicted molar refractivity (Wildman–Crippen MR) is 92.4 cm³/mol. The molecule has 4 rings (SSSR count). The van der Waals surface area contributed by atoms with Crippen molar-refractivity contribution in [1.29, 1.82) is 0 Å². The minimum absolute atomic E-state index is 0.0666. The smallest absolute Gasteiger partial charge is 0.222 e. The Morgan fingerprint density at radius 1 is 1.22 bits per heavy atom. The average molecular weight is 311 g/mol. The van der Waals surface area contributed by atoms with Crippen LogP contribution < -0.4 is 0 Å². The Morgan fingerprint density at radius 3 is 2.70 bits per heavy atom. The number of carbonyl (C=O) groups is 1. The average Bonchev–Trinajstić information content (AvgIpc) is 2.98. The van der Waals surface area contributed by atoms with Gasteiger partial charge in [-0.15, -0.1) is 0 Å². The number of hydrogen-bond acceptors (Lipinski definition) is 2. The maximum absolute atomic E-state index is 12.0. The van der Waals surface area contributed by atoms with E-state index in [-0.39, 0.29) is 11.4 Å². The SMILES string of the molecule is CCC(=O)N1CCC2(CC1)c1[nH]c3ccccc3c1CCN2C. The molecule has 1 aromatic heterocycles. The van der Waals surface area contributed by atoms with Crippen LogP contribution in [0.25, 0.3) is 10.9 Å². The molecule has 23 heavy (non-hydrogen) atoms. The summed E-state index contributed by atoms with van der Waals surface area (Å²) in [6, 6.07) is 8.64. The summed E-state index contributed by atoms with van der Waals surface area (Å²) in [6.07, 6.45) is 3.76. The van der Waals surface area contributed by atoms with Gasteiger partial charge < -0.3 is 9.88 Å². The number of piperidine rings is 1. The van der Waals surface area contributed by atoms with Crippen molar-refractivity contribution in [2.45, 2.75) is 38.1 Å². The van der Waals surface area contributed by atoms with Gasteiger partial charge in [-0.1, -0.05) is 25.1 Å². The minimum Gasteiger partial charge on any atom is -0.357 e. The molecule has 1 N–H and O–H groups in total. The summed E-state index contributed by atoms with van der Waals surface area (Å²) in [4.78, 5) is 20.3. The second-order valence-electron chi connectivity index (χ2n) is 6.96. The highest BCUT2D eigenvalue weighted by atomic mass is 16.2. The van der Waals surface area contributed by atoms with E-state index in [0.717, 1.165) is 38.9 Å². The predicted octanol–water partition coefficient (Wildman–Crippen LogP) is 2.88. The number of nitrogens with one attached hydrogen (secondary N) is 1. The zero-order valence-corrected chi connectivity index (χ0v) is 14.1. The number of rotatable bonds is 1. The van der Waals surface area contributed by atoms with Crippen molar-refractivity contribution in [2.24, 2.45) is 0 Å². The molecule has 2 aromatic rings. The van der Waals surface area contributed by atoms with Crippen molar-refractivity contribution in [3.8, 4) is 0 Å². The maximum Gasteiger partial charge on any atom is 0.222 e. The van der Waals surface area contributed by atoms with Gasteiger partial charge in [-0.2, -0.15) is 0 Å². The lowest BCUT2D eigenvalue weighted by atomic mass is 9.78. The quantitative estimate of drug-likeness (QED) is 0.879. The highest BCUT2D eigenvalue weighted by Crippen LogP contribution is 2.44. The van der Waals surface area contributed by atoms with E-state index in [4.69, 9.17) is 0 Å². The molecule has 0 atom stereocenters. The number of likely N-dealkylation sites (N-methyl/N-ethyl adjacent to an activating group) is 1.